The van der Waals surface area contributed by atoms with Gasteiger partial charge < -0.3 is 10.5 Å². The Hall–Kier alpha value is -1.87. The van der Waals surface area contributed by atoms with Gasteiger partial charge in [-0.3, -0.25) is 0 Å². The highest BCUT2D eigenvalue weighted by Gasteiger charge is 2.19. The zero-order chi connectivity index (χ0) is 15.3. The maximum absolute atomic E-state index is 12.9. The largest absolute Gasteiger partial charge is 0.497 e. The van der Waals surface area contributed by atoms with Crippen molar-refractivity contribution in [2.24, 2.45) is 5.73 Å². The fourth-order valence-electron chi connectivity index (χ4n) is 2.38. The zero-order valence-electron chi connectivity index (χ0n) is 12.6. The van der Waals surface area contributed by atoms with Crippen molar-refractivity contribution in [3.8, 4) is 5.75 Å². The second kappa shape index (κ2) is 6.72. The normalized spacial score (nSPS) is 13.7. The molecule has 0 heterocycles. The molecule has 0 saturated heterocycles. The van der Waals surface area contributed by atoms with Crippen LogP contribution >= 0.6 is 0 Å². The maximum Gasteiger partial charge on any atom is 0.123 e. The van der Waals surface area contributed by atoms with E-state index in [0.29, 0.717) is 0 Å². The minimum absolute atomic E-state index is 0.212. The minimum Gasteiger partial charge on any atom is -0.497 e. The zero-order valence-corrected chi connectivity index (χ0v) is 12.6. The summed E-state index contributed by atoms with van der Waals surface area (Å²) in [6.45, 7) is 2.04. The molecule has 0 aliphatic rings. The summed E-state index contributed by atoms with van der Waals surface area (Å²) in [5.41, 5.74) is 8.37. The highest BCUT2D eigenvalue weighted by molar-refractivity contribution is 5.27. The van der Waals surface area contributed by atoms with Gasteiger partial charge in [-0.1, -0.05) is 24.3 Å². The number of nitrogens with two attached hydrogens (primary N) is 1. The van der Waals surface area contributed by atoms with Gasteiger partial charge in [-0.25, -0.2) is 4.39 Å². The molecule has 0 radical (unpaired) electrons. The van der Waals surface area contributed by atoms with Crippen molar-refractivity contribution in [1.29, 1.82) is 0 Å². The topological polar surface area (TPSA) is 35.2 Å². The first-order chi connectivity index (χ1) is 9.98. The standard InChI is InChI=1S/C18H22FNO/c1-18(20,13-15-3-7-16(19)8-4-15)12-11-14-5-9-17(21-2)10-6-14/h3-10H,11-13,20H2,1-2H3. The summed E-state index contributed by atoms with van der Waals surface area (Å²) < 4.78 is 18.1. The van der Waals surface area contributed by atoms with E-state index in [0.717, 1.165) is 30.6 Å². The minimum atomic E-state index is -0.308. The van der Waals surface area contributed by atoms with Crippen molar-refractivity contribution in [2.75, 3.05) is 7.11 Å². The molecule has 112 valence electrons. The first-order valence-corrected chi connectivity index (χ1v) is 7.15. The molecule has 0 aliphatic heterocycles. The average molecular weight is 287 g/mol. The van der Waals surface area contributed by atoms with E-state index >= 15 is 0 Å². The third-order valence-electron chi connectivity index (χ3n) is 3.67. The lowest BCUT2D eigenvalue weighted by Gasteiger charge is -2.25. The molecular weight excluding hydrogens is 265 g/mol. The Labute approximate surface area is 125 Å². The first-order valence-electron chi connectivity index (χ1n) is 7.15. The second-order valence-corrected chi connectivity index (χ2v) is 5.81. The van der Waals surface area contributed by atoms with Crippen LogP contribution in [0.3, 0.4) is 0 Å². The highest BCUT2D eigenvalue weighted by atomic mass is 19.1. The van der Waals surface area contributed by atoms with E-state index in [-0.39, 0.29) is 11.4 Å². The van der Waals surface area contributed by atoms with Crippen LogP contribution in [-0.4, -0.2) is 12.6 Å². The summed E-state index contributed by atoms with van der Waals surface area (Å²) in [7, 11) is 1.66. The smallest absolute Gasteiger partial charge is 0.123 e. The van der Waals surface area contributed by atoms with Crippen LogP contribution in [0.15, 0.2) is 48.5 Å². The van der Waals surface area contributed by atoms with Crippen LogP contribution in [0, 0.1) is 5.82 Å². The van der Waals surface area contributed by atoms with Crippen molar-refractivity contribution < 1.29 is 9.13 Å². The average Bonchev–Trinajstić information content (AvgIpc) is 2.48. The fourth-order valence-corrected chi connectivity index (χ4v) is 2.38. The van der Waals surface area contributed by atoms with Crippen LogP contribution in [0.2, 0.25) is 0 Å². The van der Waals surface area contributed by atoms with E-state index < -0.39 is 0 Å². The lowest BCUT2D eigenvalue weighted by atomic mass is 9.88. The number of ether oxygens (including phenoxy) is 1. The molecule has 2 aromatic carbocycles. The Morgan fingerprint density at radius 2 is 1.57 bits per heavy atom. The van der Waals surface area contributed by atoms with Crippen molar-refractivity contribution in [1.82, 2.24) is 0 Å². The monoisotopic (exact) mass is 287 g/mol. The molecule has 1 atom stereocenters. The molecule has 0 saturated carbocycles. The van der Waals surface area contributed by atoms with E-state index in [1.807, 2.05) is 19.1 Å². The van der Waals surface area contributed by atoms with Gasteiger partial charge in [0.25, 0.3) is 0 Å². The van der Waals surface area contributed by atoms with Crippen LogP contribution in [0.1, 0.15) is 24.5 Å². The summed E-state index contributed by atoms with van der Waals surface area (Å²) in [5, 5.41) is 0. The molecule has 0 spiro atoms. The van der Waals surface area contributed by atoms with E-state index in [4.69, 9.17) is 10.5 Å². The predicted octanol–water partition coefficient (Wildman–Crippen LogP) is 3.73. The number of benzene rings is 2. The quantitative estimate of drug-likeness (QED) is 0.878. The van der Waals surface area contributed by atoms with Gasteiger partial charge in [-0.15, -0.1) is 0 Å². The maximum atomic E-state index is 12.9. The van der Waals surface area contributed by atoms with Crippen molar-refractivity contribution in [3.63, 3.8) is 0 Å². The molecule has 0 fully saturated rings. The Morgan fingerprint density at radius 3 is 2.14 bits per heavy atom. The van der Waals surface area contributed by atoms with Gasteiger partial charge in [0.05, 0.1) is 7.11 Å². The summed E-state index contributed by atoms with van der Waals surface area (Å²) in [4.78, 5) is 0. The van der Waals surface area contributed by atoms with Crippen molar-refractivity contribution in [3.05, 3.63) is 65.5 Å². The Kier molecular flexibility index (Phi) is 4.97. The summed E-state index contributed by atoms with van der Waals surface area (Å²) in [5.74, 6) is 0.649. The van der Waals surface area contributed by atoms with Gasteiger partial charge in [0, 0.05) is 5.54 Å². The summed E-state index contributed by atoms with van der Waals surface area (Å²) >= 11 is 0. The Bertz CT molecular complexity index is 561. The van der Waals surface area contributed by atoms with Crippen LogP contribution in [0.4, 0.5) is 4.39 Å². The molecule has 0 amide bonds. The number of aryl methyl sites for hydroxylation is 1. The van der Waals surface area contributed by atoms with Crippen LogP contribution < -0.4 is 10.5 Å². The van der Waals surface area contributed by atoms with Gasteiger partial charge in [-0.2, -0.15) is 0 Å². The van der Waals surface area contributed by atoms with E-state index in [9.17, 15) is 4.39 Å². The third-order valence-corrected chi connectivity index (χ3v) is 3.67. The van der Waals surface area contributed by atoms with Crippen molar-refractivity contribution in [2.45, 2.75) is 31.7 Å². The first kappa shape index (κ1) is 15.5. The number of rotatable bonds is 6. The van der Waals surface area contributed by atoms with Gasteiger partial charge in [-0.05, 0) is 61.6 Å². The number of halogens is 1. The van der Waals surface area contributed by atoms with E-state index in [1.54, 1.807) is 19.2 Å². The van der Waals surface area contributed by atoms with Crippen LogP contribution in [0.25, 0.3) is 0 Å². The second-order valence-electron chi connectivity index (χ2n) is 5.81. The van der Waals surface area contributed by atoms with Gasteiger partial charge in [0.2, 0.25) is 0 Å². The van der Waals surface area contributed by atoms with Crippen molar-refractivity contribution >= 4 is 0 Å². The Morgan fingerprint density at radius 1 is 1.00 bits per heavy atom. The molecule has 2 N–H and O–H groups in total. The molecule has 1 unspecified atom stereocenters. The highest BCUT2D eigenvalue weighted by Crippen LogP contribution is 2.19. The molecule has 2 rings (SSSR count). The molecule has 21 heavy (non-hydrogen) atoms. The SMILES string of the molecule is COc1ccc(CCC(C)(N)Cc2ccc(F)cc2)cc1. The lowest BCUT2D eigenvalue weighted by molar-refractivity contribution is 0.414. The molecule has 2 aromatic rings. The van der Waals surface area contributed by atoms with Crippen LogP contribution in [0.5, 0.6) is 5.75 Å². The molecule has 0 aliphatic carbocycles. The molecule has 0 aromatic heterocycles. The Balaban J connectivity index is 1.92. The predicted molar refractivity (Wildman–Crippen MR) is 84.0 cm³/mol. The van der Waals surface area contributed by atoms with E-state index in [2.05, 4.69) is 12.1 Å². The molecule has 2 nitrogen and oxygen atoms in total. The fraction of sp³-hybridized carbons (Fsp3) is 0.333. The molecule has 3 heteroatoms. The summed E-state index contributed by atoms with van der Waals surface area (Å²) in [6.07, 6.45) is 2.53. The number of hydrogen-bond acceptors (Lipinski definition) is 2. The van der Waals surface area contributed by atoms with Crippen LogP contribution in [-0.2, 0) is 12.8 Å². The number of hydrogen-bond donors (Lipinski definition) is 1. The molecule has 0 bridgehead atoms. The van der Waals surface area contributed by atoms with Gasteiger partial charge in [0.15, 0.2) is 0 Å². The third kappa shape index (κ3) is 4.87. The lowest BCUT2D eigenvalue weighted by Crippen LogP contribution is -2.39. The van der Waals surface area contributed by atoms with Gasteiger partial charge >= 0.3 is 0 Å². The van der Waals surface area contributed by atoms with E-state index in [1.165, 1.54) is 17.7 Å². The number of methoxy groups -OCH3 is 1. The van der Waals surface area contributed by atoms with Gasteiger partial charge in [0.1, 0.15) is 11.6 Å². The summed E-state index contributed by atoms with van der Waals surface area (Å²) in [6, 6.07) is 14.6. The molecular formula is C18H22FNO.